The van der Waals surface area contributed by atoms with Crippen molar-refractivity contribution >= 4 is 6.08 Å². The van der Waals surface area contributed by atoms with E-state index in [0.29, 0.717) is 23.7 Å². The van der Waals surface area contributed by atoms with E-state index in [9.17, 15) is 0 Å². The highest BCUT2D eigenvalue weighted by molar-refractivity contribution is 5.62. The number of nitriles is 1. The van der Waals surface area contributed by atoms with Crippen LogP contribution >= 0.6 is 0 Å². The van der Waals surface area contributed by atoms with Crippen LogP contribution in [0.1, 0.15) is 16.7 Å². The fraction of sp³-hybridized carbons (Fsp3) is 0.118. The third-order valence-corrected chi connectivity index (χ3v) is 2.91. The number of benzene rings is 2. The quantitative estimate of drug-likeness (QED) is 0.826. The summed E-state index contributed by atoms with van der Waals surface area (Å²) in [7, 11) is 1.56. The lowest BCUT2D eigenvalue weighted by molar-refractivity contribution is 0.284. The molecular formula is C17H15NO2. The molecule has 2 aromatic carbocycles. The third kappa shape index (κ3) is 2.99. The molecule has 0 bridgehead atoms. The van der Waals surface area contributed by atoms with Crippen LogP contribution in [0.15, 0.2) is 49.0 Å². The summed E-state index contributed by atoms with van der Waals surface area (Å²) < 4.78 is 11.0. The first-order valence-corrected chi connectivity index (χ1v) is 6.19. The SMILES string of the molecule is C=Cc1cc(OCc2ccccc2)c(OC)cc1C#N. The van der Waals surface area contributed by atoms with E-state index < -0.39 is 0 Å². The lowest BCUT2D eigenvalue weighted by Crippen LogP contribution is -1.99. The average molecular weight is 265 g/mol. The van der Waals surface area contributed by atoms with Crippen LogP contribution in [0.5, 0.6) is 11.5 Å². The number of hydrogen-bond donors (Lipinski definition) is 0. The van der Waals surface area contributed by atoms with Crippen LogP contribution in [0.2, 0.25) is 0 Å². The van der Waals surface area contributed by atoms with Crippen molar-refractivity contribution in [1.29, 1.82) is 5.26 Å². The minimum Gasteiger partial charge on any atom is -0.493 e. The summed E-state index contributed by atoms with van der Waals surface area (Å²) in [5, 5.41) is 9.07. The minimum atomic E-state index is 0.444. The molecule has 0 unspecified atom stereocenters. The van der Waals surface area contributed by atoms with Crippen LogP contribution in [-0.2, 0) is 6.61 Å². The van der Waals surface area contributed by atoms with Gasteiger partial charge < -0.3 is 9.47 Å². The smallest absolute Gasteiger partial charge is 0.162 e. The highest BCUT2D eigenvalue weighted by atomic mass is 16.5. The van der Waals surface area contributed by atoms with E-state index in [1.165, 1.54) is 0 Å². The first kappa shape index (κ1) is 13.7. The second-order valence-corrected chi connectivity index (χ2v) is 4.18. The van der Waals surface area contributed by atoms with E-state index in [4.69, 9.17) is 14.7 Å². The topological polar surface area (TPSA) is 42.2 Å². The summed E-state index contributed by atoms with van der Waals surface area (Å²) >= 11 is 0. The van der Waals surface area contributed by atoms with Gasteiger partial charge >= 0.3 is 0 Å². The lowest BCUT2D eigenvalue weighted by Gasteiger charge is -2.12. The van der Waals surface area contributed by atoms with Gasteiger partial charge in [0, 0.05) is 6.07 Å². The minimum absolute atomic E-state index is 0.444. The van der Waals surface area contributed by atoms with Crippen LogP contribution in [0, 0.1) is 11.3 Å². The van der Waals surface area contributed by atoms with E-state index in [0.717, 1.165) is 11.1 Å². The van der Waals surface area contributed by atoms with Gasteiger partial charge in [-0.25, -0.2) is 0 Å². The molecule has 0 saturated heterocycles. The Hall–Kier alpha value is -2.73. The van der Waals surface area contributed by atoms with E-state index in [2.05, 4.69) is 12.6 Å². The molecule has 0 amide bonds. The standard InChI is InChI=1S/C17H15NO2/c1-3-14-9-17(16(19-2)10-15(14)11-18)20-12-13-7-5-4-6-8-13/h3-10H,1,12H2,2H3. The Morgan fingerprint density at radius 2 is 1.95 bits per heavy atom. The van der Waals surface area contributed by atoms with Crippen molar-refractivity contribution in [2.24, 2.45) is 0 Å². The fourth-order valence-corrected chi connectivity index (χ4v) is 1.85. The maximum atomic E-state index is 9.07. The summed E-state index contributed by atoms with van der Waals surface area (Å²) in [5.41, 5.74) is 2.32. The maximum absolute atomic E-state index is 9.07. The predicted octanol–water partition coefficient (Wildman–Crippen LogP) is 3.79. The molecule has 0 atom stereocenters. The number of methoxy groups -OCH3 is 1. The first-order chi connectivity index (χ1) is 9.78. The average Bonchev–Trinajstić information content (AvgIpc) is 2.52. The molecule has 0 aliphatic rings. The Morgan fingerprint density at radius 3 is 2.55 bits per heavy atom. The predicted molar refractivity (Wildman–Crippen MR) is 78.6 cm³/mol. The van der Waals surface area contributed by atoms with Gasteiger partial charge in [0.05, 0.1) is 18.7 Å². The van der Waals surface area contributed by atoms with Gasteiger partial charge in [0.2, 0.25) is 0 Å². The number of rotatable bonds is 5. The second-order valence-electron chi connectivity index (χ2n) is 4.18. The van der Waals surface area contributed by atoms with Crippen molar-refractivity contribution in [3.05, 3.63) is 65.7 Å². The maximum Gasteiger partial charge on any atom is 0.162 e. The van der Waals surface area contributed by atoms with Crippen molar-refractivity contribution in [1.82, 2.24) is 0 Å². The zero-order valence-corrected chi connectivity index (χ0v) is 11.3. The Balaban J connectivity index is 2.27. The highest BCUT2D eigenvalue weighted by Gasteiger charge is 2.10. The Morgan fingerprint density at radius 1 is 1.20 bits per heavy atom. The van der Waals surface area contributed by atoms with Gasteiger partial charge in [0.1, 0.15) is 6.61 Å². The van der Waals surface area contributed by atoms with Crippen molar-refractivity contribution in [2.45, 2.75) is 6.61 Å². The van der Waals surface area contributed by atoms with Crippen LogP contribution in [-0.4, -0.2) is 7.11 Å². The number of nitrogens with zero attached hydrogens (tertiary/aromatic N) is 1. The zero-order chi connectivity index (χ0) is 14.4. The molecule has 0 N–H and O–H groups in total. The molecule has 3 nitrogen and oxygen atoms in total. The molecule has 2 aromatic rings. The molecule has 100 valence electrons. The first-order valence-electron chi connectivity index (χ1n) is 6.19. The normalized spacial score (nSPS) is 9.60. The van der Waals surface area contributed by atoms with Gasteiger partial charge in [-0.3, -0.25) is 0 Å². The highest BCUT2D eigenvalue weighted by Crippen LogP contribution is 2.31. The Labute approximate surface area is 118 Å². The Bertz CT molecular complexity index is 642. The fourth-order valence-electron chi connectivity index (χ4n) is 1.85. The van der Waals surface area contributed by atoms with E-state index in [1.807, 2.05) is 30.3 Å². The third-order valence-electron chi connectivity index (χ3n) is 2.91. The summed E-state index contributed by atoms with van der Waals surface area (Å²) in [4.78, 5) is 0. The zero-order valence-electron chi connectivity index (χ0n) is 11.3. The monoisotopic (exact) mass is 265 g/mol. The summed E-state index contributed by atoms with van der Waals surface area (Å²) in [6.07, 6.45) is 1.63. The number of hydrogen-bond acceptors (Lipinski definition) is 3. The second kappa shape index (κ2) is 6.44. The van der Waals surface area contributed by atoms with Gasteiger partial charge in [-0.1, -0.05) is 43.0 Å². The molecule has 0 aliphatic heterocycles. The largest absolute Gasteiger partial charge is 0.493 e. The van der Waals surface area contributed by atoms with Gasteiger partial charge in [0.25, 0.3) is 0 Å². The van der Waals surface area contributed by atoms with Gasteiger partial charge in [0.15, 0.2) is 11.5 Å². The van der Waals surface area contributed by atoms with E-state index in [1.54, 1.807) is 25.3 Å². The van der Waals surface area contributed by atoms with Gasteiger partial charge in [-0.15, -0.1) is 0 Å². The molecule has 0 aliphatic carbocycles. The molecule has 0 radical (unpaired) electrons. The van der Waals surface area contributed by atoms with Crippen molar-refractivity contribution in [3.63, 3.8) is 0 Å². The molecular weight excluding hydrogens is 250 g/mol. The molecule has 0 heterocycles. The molecule has 3 heteroatoms. The van der Waals surface area contributed by atoms with Crippen molar-refractivity contribution in [2.75, 3.05) is 7.11 Å². The van der Waals surface area contributed by atoms with Crippen LogP contribution < -0.4 is 9.47 Å². The molecule has 0 fully saturated rings. The van der Waals surface area contributed by atoms with E-state index in [-0.39, 0.29) is 0 Å². The van der Waals surface area contributed by atoms with Crippen LogP contribution in [0.25, 0.3) is 6.08 Å². The van der Waals surface area contributed by atoms with Crippen molar-refractivity contribution < 1.29 is 9.47 Å². The lowest BCUT2D eigenvalue weighted by atomic mass is 10.1. The number of ether oxygens (including phenoxy) is 2. The molecule has 20 heavy (non-hydrogen) atoms. The molecule has 0 aromatic heterocycles. The van der Waals surface area contributed by atoms with Gasteiger partial charge in [-0.05, 0) is 17.2 Å². The van der Waals surface area contributed by atoms with E-state index >= 15 is 0 Å². The summed E-state index contributed by atoms with van der Waals surface area (Å²) in [6, 6.07) is 15.4. The summed E-state index contributed by atoms with van der Waals surface area (Å²) in [6.45, 7) is 4.15. The van der Waals surface area contributed by atoms with Crippen LogP contribution in [0.4, 0.5) is 0 Å². The van der Waals surface area contributed by atoms with Gasteiger partial charge in [-0.2, -0.15) is 5.26 Å². The molecule has 0 saturated carbocycles. The summed E-state index contributed by atoms with van der Waals surface area (Å²) in [5.74, 6) is 1.15. The molecule has 0 spiro atoms. The van der Waals surface area contributed by atoms with Crippen LogP contribution in [0.3, 0.4) is 0 Å². The molecule has 2 rings (SSSR count). The Kier molecular flexibility index (Phi) is 4.41. The van der Waals surface area contributed by atoms with Crippen molar-refractivity contribution in [3.8, 4) is 17.6 Å².